The summed E-state index contributed by atoms with van der Waals surface area (Å²) in [6, 6.07) is 3.65. The highest BCUT2D eigenvalue weighted by atomic mass is 16.7. The van der Waals surface area contributed by atoms with E-state index >= 15 is 0 Å². The molecule has 4 heterocycles. The van der Waals surface area contributed by atoms with Crippen LogP contribution < -0.4 is 10.2 Å². The minimum Gasteiger partial charge on any atom is -0.350 e. The number of urea groups is 1. The molecule has 2 aromatic rings. The van der Waals surface area contributed by atoms with Crippen LogP contribution in [-0.4, -0.2) is 47.4 Å². The van der Waals surface area contributed by atoms with Gasteiger partial charge in [0.1, 0.15) is 11.5 Å². The normalized spacial score (nSPS) is 19.0. The van der Waals surface area contributed by atoms with Crippen molar-refractivity contribution in [2.24, 2.45) is 0 Å². The van der Waals surface area contributed by atoms with Crippen LogP contribution in [0.25, 0.3) is 5.65 Å². The number of ether oxygens (including phenoxy) is 2. The molecular formula is C17H20N4O4. The average Bonchev–Trinajstić information content (AvgIpc) is 3.24. The number of imidazole rings is 1. The highest BCUT2D eigenvalue weighted by molar-refractivity contribution is 6.05. The summed E-state index contributed by atoms with van der Waals surface area (Å²) in [6.07, 6.45) is 6.58. The Morgan fingerprint density at radius 2 is 2.12 bits per heavy atom. The van der Waals surface area contributed by atoms with Crippen molar-refractivity contribution in [3.05, 3.63) is 30.1 Å². The van der Waals surface area contributed by atoms with Crippen LogP contribution in [0.2, 0.25) is 0 Å². The first-order valence-electron chi connectivity index (χ1n) is 8.51. The number of aromatic nitrogens is 2. The van der Waals surface area contributed by atoms with Crippen molar-refractivity contribution in [3.63, 3.8) is 0 Å². The summed E-state index contributed by atoms with van der Waals surface area (Å²) in [5, 5.41) is 2.33. The molecule has 0 spiro atoms. The van der Waals surface area contributed by atoms with Gasteiger partial charge in [-0.3, -0.25) is 19.4 Å². The van der Waals surface area contributed by atoms with Gasteiger partial charge in [-0.15, -0.1) is 0 Å². The van der Waals surface area contributed by atoms with Crippen molar-refractivity contribution >= 4 is 23.4 Å². The van der Waals surface area contributed by atoms with Crippen molar-refractivity contribution in [3.8, 4) is 0 Å². The Morgan fingerprint density at radius 1 is 1.28 bits per heavy atom. The Hall–Kier alpha value is -2.45. The van der Waals surface area contributed by atoms with Crippen LogP contribution in [0.4, 0.5) is 10.6 Å². The lowest BCUT2D eigenvalue weighted by atomic mass is 10.1. The molecule has 2 fully saturated rings. The molecule has 2 aliphatic rings. The number of carbonyl (C=O) groups is 2. The maximum Gasteiger partial charge on any atom is 0.329 e. The number of pyridine rings is 1. The third-order valence-electron chi connectivity index (χ3n) is 4.48. The van der Waals surface area contributed by atoms with Gasteiger partial charge in [-0.05, 0) is 37.0 Å². The molecule has 2 saturated heterocycles. The summed E-state index contributed by atoms with van der Waals surface area (Å²) in [4.78, 5) is 29.2. The van der Waals surface area contributed by atoms with Crippen LogP contribution in [0.5, 0.6) is 0 Å². The lowest BCUT2D eigenvalue weighted by Gasteiger charge is -2.25. The molecular weight excluding hydrogens is 324 g/mol. The quantitative estimate of drug-likeness (QED) is 0.888. The van der Waals surface area contributed by atoms with E-state index in [1.807, 2.05) is 22.7 Å². The molecule has 0 atom stereocenters. The minimum atomic E-state index is -0.404. The van der Waals surface area contributed by atoms with Gasteiger partial charge in [-0.1, -0.05) is 0 Å². The Morgan fingerprint density at radius 3 is 2.92 bits per heavy atom. The number of fused-ring (bicyclic) bond motifs is 1. The van der Waals surface area contributed by atoms with Crippen LogP contribution in [0.3, 0.4) is 0 Å². The van der Waals surface area contributed by atoms with Gasteiger partial charge >= 0.3 is 6.03 Å². The van der Waals surface area contributed by atoms with E-state index in [4.69, 9.17) is 9.47 Å². The first-order chi connectivity index (χ1) is 12.2. The number of nitrogens with one attached hydrogen (secondary N) is 1. The van der Waals surface area contributed by atoms with Gasteiger partial charge < -0.3 is 9.47 Å². The molecule has 2 aliphatic heterocycles. The van der Waals surface area contributed by atoms with Crippen LogP contribution in [0, 0.1) is 0 Å². The van der Waals surface area contributed by atoms with Gasteiger partial charge in [0.05, 0.1) is 19.4 Å². The second-order valence-electron chi connectivity index (χ2n) is 6.20. The van der Waals surface area contributed by atoms with Crippen LogP contribution in [0.1, 0.15) is 24.8 Å². The molecule has 132 valence electrons. The van der Waals surface area contributed by atoms with E-state index in [2.05, 4.69) is 10.3 Å². The number of amides is 3. The van der Waals surface area contributed by atoms with Crippen LogP contribution in [0.15, 0.2) is 24.5 Å². The van der Waals surface area contributed by atoms with E-state index in [0.29, 0.717) is 32.0 Å². The molecule has 25 heavy (non-hydrogen) atoms. The molecule has 0 bridgehead atoms. The predicted octanol–water partition coefficient (Wildman–Crippen LogP) is 1.48. The summed E-state index contributed by atoms with van der Waals surface area (Å²) in [5.41, 5.74) is 1.96. The van der Waals surface area contributed by atoms with Crippen molar-refractivity contribution in [1.82, 2.24) is 14.7 Å². The van der Waals surface area contributed by atoms with Crippen LogP contribution >= 0.6 is 0 Å². The van der Waals surface area contributed by atoms with Crippen molar-refractivity contribution < 1.29 is 19.1 Å². The van der Waals surface area contributed by atoms with Crippen LogP contribution in [-0.2, 0) is 20.7 Å². The highest BCUT2D eigenvalue weighted by Gasteiger charge is 2.26. The lowest BCUT2D eigenvalue weighted by molar-refractivity contribution is -0.120. The zero-order valence-corrected chi connectivity index (χ0v) is 13.8. The maximum absolute atomic E-state index is 12.0. The maximum atomic E-state index is 12.0. The molecule has 0 saturated carbocycles. The number of hydrogen-bond donors (Lipinski definition) is 1. The average molecular weight is 344 g/mol. The molecule has 4 rings (SSSR count). The fourth-order valence-corrected chi connectivity index (χ4v) is 3.19. The standard InChI is InChI=1S/C17H20N4O4/c22-14-5-7-21(17(23)19-14)15-11-18-13-10-12(4-6-20(13)15)2-1-3-16-24-8-9-25-16/h4,6,10-11,16H,1-3,5,7-9H2,(H,19,22,23). The molecule has 0 aliphatic carbocycles. The van der Waals surface area contributed by atoms with E-state index in [-0.39, 0.29) is 12.2 Å². The summed E-state index contributed by atoms with van der Waals surface area (Å²) in [6.45, 7) is 1.73. The van der Waals surface area contributed by atoms with Gasteiger partial charge in [-0.25, -0.2) is 9.78 Å². The monoisotopic (exact) mass is 344 g/mol. The van der Waals surface area contributed by atoms with Crippen molar-refractivity contribution in [1.29, 1.82) is 0 Å². The molecule has 0 aromatic carbocycles. The Balaban J connectivity index is 1.45. The Bertz CT molecular complexity index is 797. The zero-order valence-electron chi connectivity index (χ0n) is 13.8. The Kier molecular flexibility index (Phi) is 4.37. The van der Waals surface area contributed by atoms with E-state index in [1.165, 1.54) is 10.5 Å². The second kappa shape index (κ2) is 6.81. The number of aryl methyl sites for hydroxylation is 1. The number of rotatable bonds is 5. The molecule has 8 heteroatoms. The number of nitrogens with zero attached hydrogens (tertiary/aromatic N) is 3. The van der Waals surface area contributed by atoms with Gasteiger partial charge in [0.15, 0.2) is 6.29 Å². The summed E-state index contributed by atoms with van der Waals surface area (Å²) in [7, 11) is 0. The van der Waals surface area contributed by atoms with Crippen molar-refractivity contribution in [2.45, 2.75) is 32.0 Å². The summed E-state index contributed by atoms with van der Waals surface area (Å²) >= 11 is 0. The minimum absolute atomic E-state index is 0.0675. The van der Waals surface area contributed by atoms with Gasteiger partial charge in [0.2, 0.25) is 5.91 Å². The third-order valence-corrected chi connectivity index (χ3v) is 4.48. The molecule has 2 aromatic heterocycles. The summed E-state index contributed by atoms with van der Waals surface area (Å²) < 4.78 is 12.7. The molecule has 0 unspecified atom stereocenters. The van der Waals surface area contributed by atoms with Gasteiger partial charge in [0.25, 0.3) is 0 Å². The number of imide groups is 1. The number of anilines is 1. The smallest absolute Gasteiger partial charge is 0.329 e. The fourth-order valence-electron chi connectivity index (χ4n) is 3.19. The zero-order chi connectivity index (χ0) is 17.2. The number of carbonyl (C=O) groups excluding carboxylic acids is 2. The predicted molar refractivity (Wildman–Crippen MR) is 89.3 cm³/mol. The highest BCUT2D eigenvalue weighted by Crippen LogP contribution is 2.21. The molecule has 1 N–H and O–H groups in total. The largest absolute Gasteiger partial charge is 0.350 e. The fraction of sp³-hybridized carbons (Fsp3) is 0.471. The molecule has 0 radical (unpaired) electrons. The molecule has 3 amide bonds. The molecule has 8 nitrogen and oxygen atoms in total. The SMILES string of the molecule is O=C1CCN(c2cnc3cc(CCCC4OCCO4)ccn23)C(=O)N1. The summed E-state index contributed by atoms with van der Waals surface area (Å²) in [5.74, 6) is 0.423. The van der Waals surface area contributed by atoms with E-state index in [1.54, 1.807) is 6.20 Å². The first-order valence-corrected chi connectivity index (χ1v) is 8.51. The van der Waals surface area contributed by atoms with Gasteiger partial charge in [-0.2, -0.15) is 0 Å². The second-order valence-corrected chi connectivity index (χ2v) is 6.20. The van der Waals surface area contributed by atoms with E-state index in [0.717, 1.165) is 24.9 Å². The van der Waals surface area contributed by atoms with Gasteiger partial charge in [0, 0.05) is 19.2 Å². The first kappa shape index (κ1) is 16.0. The van der Waals surface area contributed by atoms with Crippen molar-refractivity contribution in [2.75, 3.05) is 24.7 Å². The third kappa shape index (κ3) is 3.35. The number of hydrogen-bond acceptors (Lipinski definition) is 5. The van der Waals surface area contributed by atoms with E-state index in [9.17, 15) is 9.59 Å². The lowest BCUT2D eigenvalue weighted by Crippen LogP contribution is -2.50. The topological polar surface area (TPSA) is 85.2 Å². The van der Waals surface area contributed by atoms with E-state index < -0.39 is 6.03 Å². The Labute approximate surface area is 144 Å².